The third-order valence-corrected chi connectivity index (χ3v) is 3.66. The second-order valence-corrected chi connectivity index (χ2v) is 5.90. The van der Waals surface area contributed by atoms with Gasteiger partial charge in [0.15, 0.2) is 0 Å². The van der Waals surface area contributed by atoms with Gasteiger partial charge in [-0.15, -0.1) is 0 Å². The number of carboxylic acid groups (broad SMARTS) is 1. The van der Waals surface area contributed by atoms with Gasteiger partial charge in [0, 0.05) is 0 Å². The lowest BCUT2D eigenvalue weighted by molar-refractivity contribution is -0.157. The molecule has 21 heavy (non-hydrogen) atoms. The normalized spacial score (nSPS) is 13.7. The zero-order valence-electron chi connectivity index (χ0n) is 13.9. The minimum absolute atomic E-state index is 0.0510. The van der Waals surface area contributed by atoms with Crippen molar-refractivity contribution in [2.75, 3.05) is 0 Å². The molecule has 0 heterocycles. The Balaban J connectivity index is 3.99. The molecule has 0 aliphatic carbocycles. The van der Waals surface area contributed by atoms with Crippen molar-refractivity contribution in [2.45, 2.75) is 91.1 Å². The number of carboxylic acids is 1. The molecule has 0 aromatic rings. The zero-order valence-corrected chi connectivity index (χ0v) is 13.9. The molecule has 0 rings (SSSR count). The molecule has 0 saturated heterocycles. The van der Waals surface area contributed by atoms with E-state index in [-0.39, 0.29) is 18.5 Å². The van der Waals surface area contributed by atoms with Crippen LogP contribution in [0.2, 0.25) is 0 Å². The molecule has 1 N–H and O–H groups in total. The van der Waals surface area contributed by atoms with Crippen LogP contribution in [0.5, 0.6) is 0 Å². The summed E-state index contributed by atoms with van der Waals surface area (Å²) in [6, 6.07) is 0. The number of hydrogen-bond donors (Lipinski definition) is 1. The van der Waals surface area contributed by atoms with Gasteiger partial charge in [-0.25, -0.2) is 0 Å². The minimum Gasteiger partial charge on any atom is -0.481 e. The van der Waals surface area contributed by atoms with Gasteiger partial charge in [0.25, 0.3) is 0 Å². The second kappa shape index (κ2) is 12.7. The highest BCUT2D eigenvalue weighted by atomic mass is 16.5. The third kappa shape index (κ3) is 11.3. The Morgan fingerprint density at radius 2 is 1.57 bits per heavy atom. The Morgan fingerprint density at radius 3 is 2.14 bits per heavy atom. The molecule has 0 amide bonds. The van der Waals surface area contributed by atoms with E-state index in [1.807, 2.05) is 0 Å². The first-order chi connectivity index (χ1) is 10.0. The lowest BCUT2D eigenvalue weighted by atomic mass is 10.0. The van der Waals surface area contributed by atoms with Crippen LogP contribution in [0.25, 0.3) is 0 Å². The first-order valence-corrected chi connectivity index (χ1v) is 8.43. The summed E-state index contributed by atoms with van der Waals surface area (Å²) in [5.74, 6) is -1.89. The van der Waals surface area contributed by atoms with Gasteiger partial charge in [0.05, 0.1) is 12.3 Å². The Morgan fingerprint density at radius 1 is 0.952 bits per heavy atom. The SMILES string of the molecule is CCCCCCCCC(CCC)OC(=O)C(C)CC(=O)O. The van der Waals surface area contributed by atoms with Gasteiger partial charge >= 0.3 is 11.9 Å². The molecule has 2 unspecified atom stereocenters. The molecule has 4 nitrogen and oxygen atoms in total. The van der Waals surface area contributed by atoms with E-state index in [1.54, 1.807) is 6.92 Å². The Bertz CT molecular complexity index is 289. The van der Waals surface area contributed by atoms with Crippen LogP contribution in [0.15, 0.2) is 0 Å². The number of hydrogen-bond acceptors (Lipinski definition) is 3. The van der Waals surface area contributed by atoms with Crippen molar-refractivity contribution in [1.82, 2.24) is 0 Å². The van der Waals surface area contributed by atoms with E-state index in [0.29, 0.717) is 0 Å². The number of aliphatic carboxylic acids is 1. The fourth-order valence-electron chi connectivity index (χ4n) is 2.36. The smallest absolute Gasteiger partial charge is 0.309 e. The first kappa shape index (κ1) is 19.9. The molecule has 0 radical (unpaired) electrons. The van der Waals surface area contributed by atoms with Crippen molar-refractivity contribution >= 4 is 11.9 Å². The van der Waals surface area contributed by atoms with Gasteiger partial charge in [0.1, 0.15) is 6.10 Å². The van der Waals surface area contributed by atoms with Gasteiger partial charge in [0.2, 0.25) is 0 Å². The van der Waals surface area contributed by atoms with E-state index in [0.717, 1.165) is 25.7 Å². The summed E-state index contributed by atoms with van der Waals surface area (Å²) in [6.45, 7) is 5.89. The predicted molar refractivity (Wildman–Crippen MR) is 84.2 cm³/mol. The average Bonchev–Trinajstić information content (AvgIpc) is 2.41. The Labute approximate surface area is 129 Å². The monoisotopic (exact) mass is 300 g/mol. The highest BCUT2D eigenvalue weighted by Crippen LogP contribution is 2.16. The maximum Gasteiger partial charge on any atom is 0.309 e. The van der Waals surface area contributed by atoms with Crippen LogP contribution >= 0.6 is 0 Å². The summed E-state index contributed by atoms with van der Waals surface area (Å²) >= 11 is 0. The third-order valence-electron chi connectivity index (χ3n) is 3.66. The number of carbonyl (C=O) groups excluding carboxylic acids is 1. The van der Waals surface area contributed by atoms with Crippen molar-refractivity contribution in [3.8, 4) is 0 Å². The van der Waals surface area contributed by atoms with E-state index < -0.39 is 11.9 Å². The summed E-state index contributed by atoms with van der Waals surface area (Å²) in [4.78, 5) is 22.5. The van der Waals surface area contributed by atoms with Crippen molar-refractivity contribution in [3.63, 3.8) is 0 Å². The highest BCUT2D eigenvalue weighted by molar-refractivity contribution is 5.78. The van der Waals surface area contributed by atoms with E-state index >= 15 is 0 Å². The summed E-state index contributed by atoms with van der Waals surface area (Å²) in [5.41, 5.74) is 0. The van der Waals surface area contributed by atoms with E-state index in [4.69, 9.17) is 9.84 Å². The fraction of sp³-hybridized carbons (Fsp3) is 0.882. The molecule has 124 valence electrons. The van der Waals surface area contributed by atoms with Gasteiger partial charge in [-0.2, -0.15) is 0 Å². The predicted octanol–water partition coefficient (Wildman–Crippen LogP) is 4.56. The van der Waals surface area contributed by atoms with Crippen LogP contribution in [0.4, 0.5) is 0 Å². The fourth-order valence-corrected chi connectivity index (χ4v) is 2.36. The topological polar surface area (TPSA) is 63.6 Å². The average molecular weight is 300 g/mol. The van der Waals surface area contributed by atoms with Crippen LogP contribution in [0.3, 0.4) is 0 Å². The molecule has 0 spiro atoms. The highest BCUT2D eigenvalue weighted by Gasteiger charge is 2.21. The maximum absolute atomic E-state index is 11.9. The van der Waals surface area contributed by atoms with Crippen LogP contribution in [0, 0.1) is 5.92 Å². The summed E-state index contributed by atoms with van der Waals surface area (Å²) in [5, 5.41) is 8.71. The molecule has 0 aliphatic rings. The molecule has 0 aromatic carbocycles. The van der Waals surface area contributed by atoms with Gasteiger partial charge in [-0.3, -0.25) is 9.59 Å². The van der Waals surface area contributed by atoms with Crippen LogP contribution in [0.1, 0.15) is 85.0 Å². The van der Waals surface area contributed by atoms with E-state index in [2.05, 4.69) is 13.8 Å². The maximum atomic E-state index is 11.9. The molecule has 0 bridgehead atoms. The molecular weight excluding hydrogens is 268 g/mol. The summed E-state index contributed by atoms with van der Waals surface area (Å²) < 4.78 is 5.48. The van der Waals surface area contributed by atoms with Crippen molar-refractivity contribution in [2.24, 2.45) is 5.92 Å². The summed E-state index contributed by atoms with van der Waals surface area (Å²) in [7, 11) is 0. The van der Waals surface area contributed by atoms with Gasteiger partial charge in [-0.1, -0.05) is 59.3 Å². The minimum atomic E-state index is -0.956. The van der Waals surface area contributed by atoms with Crippen LogP contribution in [-0.2, 0) is 14.3 Å². The number of ether oxygens (including phenoxy) is 1. The van der Waals surface area contributed by atoms with Gasteiger partial charge < -0.3 is 9.84 Å². The standard InChI is InChI=1S/C17H32O4/c1-4-6-7-8-9-10-12-15(11-5-2)21-17(20)14(3)13-16(18)19/h14-15H,4-13H2,1-3H3,(H,18,19). The van der Waals surface area contributed by atoms with E-state index in [9.17, 15) is 9.59 Å². The largest absolute Gasteiger partial charge is 0.481 e. The van der Waals surface area contributed by atoms with Crippen LogP contribution in [-0.4, -0.2) is 23.1 Å². The lowest BCUT2D eigenvalue weighted by Gasteiger charge is -2.19. The van der Waals surface area contributed by atoms with Crippen molar-refractivity contribution < 1.29 is 19.4 Å². The van der Waals surface area contributed by atoms with Crippen LogP contribution < -0.4 is 0 Å². The second-order valence-electron chi connectivity index (χ2n) is 5.90. The Hall–Kier alpha value is -1.06. The first-order valence-electron chi connectivity index (χ1n) is 8.43. The number of carbonyl (C=O) groups is 2. The molecule has 0 fully saturated rings. The molecule has 0 aliphatic heterocycles. The molecule has 0 saturated carbocycles. The quantitative estimate of drug-likeness (QED) is 0.400. The summed E-state index contributed by atoms with van der Waals surface area (Å²) in [6.07, 6.45) is 9.85. The van der Waals surface area contributed by atoms with Crippen molar-refractivity contribution in [3.05, 3.63) is 0 Å². The molecule has 4 heteroatoms. The lowest BCUT2D eigenvalue weighted by Crippen LogP contribution is -2.24. The van der Waals surface area contributed by atoms with Crippen molar-refractivity contribution in [1.29, 1.82) is 0 Å². The molecule has 0 aromatic heterocycles. The number of rotatable bonds is 13. The van der Waals surface area contributed by atoms with E-state index in [1.165, 1.54) is 32.1 Å². The zero-order chi connectivity index (χ0) is 16.1. The van der Waals surface area contributed by atoms with Gasteiger partial charge in [-0.05, 0) is 19.3 Å². The number of esters is 1. The molecular formula is C17H32O4. The number of unbranched alkanes of at least 4 members (excludes halogenated alkanes) is 5. The molecule has 2 atom stereocenters. The Kier molecular flexibility index (Phi) is 12.0.